The third-order valence-electron chi connectivity index (χ3n) is 2.06. The van der Waals surface area contributed by atoms with Gasteiger partial charge in [0.15, 0.2) is 0 Å². The fourth-order valence-electron chi connectivity index (χ4n) is 0.842. The number of nitrogens with zero attached hydrogens (tertiary/aromatic N) is 1. The minimum atomic E-state index is 0.517. The Bertz CT molecular complexity index is 233. The van der Waals surface area contributed by atoms with E-state index in [4.69, 9.17) is 4.74 Å². The fraction of sp³-hybridized carbons (Fsp3) is 0.455. The van der Waals surface area contributed by atoms with Gasteiger partial charge in [-0.05, 0) is 33.0 Å². The van der Waals surface area contributed by atoms with E-state index in [1.807, 2.05) is 37.4 Å². The molecule has 0 unspecified atom stereocenters. The molecule has 0 saturated heterocycles. The molecule has 0 aliphatic carbocycles. The second kappa shape index (κ2) is 4.87. The first-order chi connectivity index (χ1) is 6.20. The Morgan fingerprint density at radius 1 is 1.23 bits per heavy atom. The highest BCUT2D eigenvalue weighted by atomic mass is 16.5. The summed E-state index contributed by atoms with van der Waals surface area (Å²) in [6, 6.07) is 10.4. The maximum Gasteiger partial charge on any atom is 0.142 e. The third-order valence-corrected chi connectivity index (χ3v) is 2.06. The first kappa shape index (κ1) is 10.1. The fourth-order valence-corrected chi connectivity index (χ4v) is 0.842. The molecule has 1 aromatic carbocycles. The van der Waals surface area contributed by atoms with Crippen molar-refractivity contribution in [3.05, 3.63) is 30.3 Å². The molecule has 1 rings (SSSR count). The molecule has 13 heavy (non-hydrogen) atoms. The topological polar surface area (TPSA) is 12.5 Å². The van der Waals surface area contributed by atoms with Crippen LogP contribution in [-0.2, 0) is 0 Å². The summed E-state index contributed by atoms with van der Waals surface area (Å²) in [7, 11) is 2.05. The Kier molecular flexibility index (Phi) is 3.77. The molecule has 0 amide bonds. The summed E-state index contributed by atoms with van der Waals surface area (Å²) in [5, 5.41) is 0. The van der Waals surface area contributed by atoms with Crippen molar-refractivity contribution in [1.82, 2.24) is 4.90 Å². The van der Waals surface area contributed by atoms with Crippen molar-refractivity contribution >= 4 is 0 Å². The third kappa shape index (κ3) is 3.47. The Labute approximate surface area is 80.1 Å². The molecule has 0 N–H and O–H groups in total. The van der Waals surface area contributed by atoms with Gasteiger partial charge in [-0.15, -0.1) is 0 Å². The molecule has 0 aliphatic heterocycles. The van der Waals surface area contributed by atoms with Gasteiger partial charge in [0.25, 0.3) is 0 Å². The van der Waals surface area contributed by atoms with Crippen molar-refractivity contribution < 1.29 is 4.74 Å². The van der Waals surface area contributed by atoms with Crippen LogP contribution in [0.1, 0.15) is 13.8 Å². The van der Waals surface area contributed by atoms with Gasteiger partial charge in [0.2, 0.25) is 0 Å². The average Bonchev–Trinajstić information content (AvgIpc) is 2.15. The van der Waals surface area contributed by atoms with Crippen molar-refractivity contribution in [2.75, 3.05) is 13.8 Å². The summed E-state index contributed by atoms with van der Waals surface area (Å²) in [5.74, 6) is 0.926. The monoisotopic (exact) mass is 179 g/mol. The Balaban J connectivity index is 2.35. The van der Waals surface area contributed by atoms with Gasteiger partial charge in [-0.1, -0.05) is 18.2 Å². The van der Waals surface area contributed by atoms with E-state index in [1.165, 1.54) is 0 Å². The lowest BCUT2D eigenvalue weighted by Crippen LogP contribution is -2.30. The molecule has 72 valence electrons. The maximum absolute atomic E-state index is 5.56. The lowest BCUT2D eigenvalue weighted by Gasteiger charge is -2.20. The number of para-hydroxylation sites is 1. The molecule has 2 nitrogen and oxygen atoms in total. The van der Waals surface area contributed by atoms with Crippen LogP contribution in [0.2, 0.25) is 0 Å². The molecule has 0 radical (unpaired) electrons. The van der Waals surface area contributed by atoms with E-state index in [9.17, 15) is 0 Å². The summed E-state index contributed by atoms with van der Waals surface area (Å²) < 4.78 is 5.56. The summed E-state index contributed by atoms with van der Waals surface area (Å²) in [4.78, 5) is 2.15. The van der Waals surface area contributed by atoms with E-state index in [2.05, 4.69) is 18.7 Å². The highest BCUT2D eigenvalue weighted by Crippen LogP contribution is 2.08. The standard InChI is InChI=1S/C11H17NO/c1-10(2)12(3)9-13-11-7-5-4-6-8-11/h4-8,10H,9H2,1-3H3. The normalized spacial score (nSPS) is 10.8. The molecule has 0 bridgehead atoms. The van der Waals surface area contributed by atoms with Gasteiger partial charge >= 0.3 is 0 Å². The van der Waals surface area contributed by atoms with E-state index < -0.39 is 0 Å². The number of hydrogen-bond acceptors (Lipinski definition) is 2. The zero-order chi connectivity index (χ0) is 9.68. The zero-order valence-electron chi connectivity index (χ0n) is 8.53. The molecular weight excluding hydrogens is 162 g/mol. The summed E-state index contributed by atoms with van der Waals surface area (Å²) in [6.07, 6.45) is 0. The first-order valence-electron chi connectivity index (χ1n) is 4.58. The molecule has 2 heteroatoms. The van der Waals surface area contributed by atoms with Gasteiger partial charge in [0.1, 0.15) is 12.5 Å². The summed E-state index contributed by atoms with van der Waals surface area (Å²) >= 11 is 0. The quantitative estimate of drug-likeness (QED) is 0.658. The zero-order valence-corrected chi connectivity index (χ0v) is 8.53. The molecule has 0 heterocycles. The molecule has 0 spiro atoms. The lowest BCUT2D eigenvalue weighted by molar-refractivity contribution is 0.125. The molecule has 0 fully saturated rings. The Hall–Kier alpha value is -1.02. The largest absolute Gasteiger partial charge is 0.478 e. The average molecular weight is 179 g/mol. The highest BCUT2D eigenvalue weighted by molar-refractivity contribution is 5.20. The van der Waals surface area contributed by atoms with E-state index in [-0.39, 0.29) is 0 Å². The molecule has 0 aliphatic rings. The molecule has 1 aromatic rings. The van der Waals surface area contributed by atoms with E-state index in [0.29, 0.717) is 12.8 Å². The van der Waals surface area contributed by atoms with E-state index in [0.717, 1.165) is 5.75 Å². The van der Waals surface area contributed by atoms with Crippen molar-refractivity contribution in [2.24, 2.45) is 0 Å². The van der Waals surface area contributed by atoms with Crippen LogP contribution in [0.5, 0.6) is 5.75 Å². The van der Waals surface area contributed by atoms with Crippen molar-refractivity contribution in [2.45, 2.75) is 19.9 Å². The van der Waals surface area contributed by atoms with E-state index >= 15 is 0 Å². The molecule has 0 aromatic heterocycles. The van der Waals surface area contributed by atoms with Gasteiger partial charge < -0.3 is 4.74 Å². The molecule has 0 atom stereocenters. The smallest absolute Gasteiger partial charge is 0.142 e. The Morgan fingerprint density at radius 3 is 2.38 bits per heavy atom. The number of ether oxygens (including phenoxy) is 1. The van der Waals surface area contributed by atoms with Crippen molar-refractivity contribution in [3.63, 3.8) is 0 Å². The number of rotatable bonds is 4. The van der Waals surface area contributed by atoms with Gasteiger partial charge in [-0.3, -0.25) is 4.90 Å². The SMILES string of the molecule is CC(C)N(C)COc1ccccc1. The number of benzene rings is 1. The Morgan fingerprint density at radius 2 is 1.85 bits per heavy atom. The van der Waals surface area contributed by atoms with Crippen LogP contribution in [-0.4, -0.2) is 24.7 Å². The predicted molar refractivity (Wildman–Crippen MR) is 54.8 cm³/mol. The van der Waals surface area contributed by atoms with Crippen LogP contribution in [0.15, 0.2) is 30.3 Å². The van der Waals surface area contributed by atoms with Crippen LogP contribution in [0.4, 0.5) is 0 Å². The summed E-state index contributed by atoms with van der Waals surface area (Å²) in [5.41, 5.74) is 0. The minimum absolute atomic E-state index is 0.517. The summed E-state index contributed by atoms with van der Waals surface area (Å²) in [6.45, 7) is 4.93. The molecular formula is C11H17NO. The van der Waals surface area contributed by atoms with Gasteiger partial charge in [0, 0.05) is 6.04 Å². The molecule has 0 saturated carbocycles. The van der Waals surface area contributed by atoms with Crippen LogP contribution in [0, 0.1) is 0 Å². The maximum atomic E-state index is 5.56. The second-order valence-electron chi connectivity index (χ2n) is 3.44. The lowest BCUT2D eigenvalue weighted by atomic mass is 10.3. The van der Waals surface area contributed by atoms with Crippen LogP contribution >= 0.6 is 0 Å². The minimum Gasteiger partial charge on any atom is -0.478 e. The van der Waals surface area contributed by atoms with Crippen molar-refractivity contribution in [3.8, 4) is 5.75 Å². The van der Waals surface area contributed by atoms with Gasteiger partial charge in [-0.25, -0.2) is 0 Å². The predicted octanol–water partition coefficient (Wildman–Crippen LogP) is 2.36. The number of hydrogen-bond donors (Lipinski definition) is 0. The van der Waals surface area contributed by atoms with Gasteiger partial charge in [-0.2, -0.15) is 0 Å². The van der Waals surface area contributed by atoms with Gasteiger partial charge in [0.05, 0.1) is 0 Å². The van der Waals surface area contributed by atoms with Crippen LogP contribution in [0.25, 0.3) is 0 Å². The van der Waals surface area contributed by atoms with Crippen LogP contribution < -0.4 is 4.74 Å². The highest BCUT2D eigenvalue weighted by Gasteiger charge is 2.02. The first-order valence-corrected chi connectivity index (χ1v) is 4.58. The van der Waals surface area contributed by atoms with Crippen LogP contribution in [0.3, 0.4) is 0 Å². The van der Waals surface area contributed by atoms with Crippen molar-refractivity contribution in [1.29, 1.82) is 0 Å². The second-order valence-corrected chi connectivity index (χ2v) is 3.44. The van der Waals surface area contributed by atoms with E-state index in [1.54, 1.807) is 0 Å².